The maximum atomic E-state index is 12.9. The van der Waals surface area contributed by atoms with E-state index in [0.717, 1.165) is 19.6 Å². The standard InChI is InChI=1S/C19H23N3O3/c1-24-16-3-4-18(25-2)17(13-16)19(23)22-11-9-21(10-12-22)14-15-5-7-20-8-6-15/h3-8,13H,9-12,14H2,1-2H3. The van der Waals surface area contributed by atoms with E-state index in [0.29, 0.717) is 30.2 Å². The van der Waals surface area contributed by atoms with Gasteiger partial charge in [0.05, 0.1) is 19.8 Å². The molecule has 0 aliphatic carbocycles. The summed E-state index contributed by atoms with van der Waals surface area (Å²) >= 11 is 0. The number of methoxy groups -OCH3 is 2. The second-order valence-electron chi connectivity index (χ2n) is 5.99. The summed E-state index contributed by atoms with van der Waals surface area (Å²) in [5, 5.41) is 0. The molecule has 2 aromatic rings. The monoisotopic (exact) mass is 341 g/mol. The molecule has 0 saturated carbocycles. The molecule has 6 nitrogen and oxygen atoms in total. The first-order valence-corrected chi connectivity index (χ1v) is 8.34. The molecule has 1 fully saturated rings. The Bertz CT molecular complexity index is 713. The second kappa shape index (κ2) is 7.98. The van der Waals surface area contributed by atoms with Crippen molar-refractivity contribution in [1.82, 2.24) is 14.8 Å². The molecule has 1 saturated heterocycles. The molecule has 0 radical (unpaired) electrons. The molecule has 0 unspecified atom stereocenters. The smallest absolute Gasteiger partial charge is 0.257 e. The molecule has 1 aromatic carbocycles. The lowest BCUT2D eigenvalue weighted by atomic mass is 10.1. The summed E-state index contributed by atoms with van der Waals surface area (Å²) in [6.07, 6.45) is 3.62. The molecular weight excluding hydrogens is 318 g/mol. The van der Waals surface area contributed by atoms with Crippen molar-refractivity contribution in [2.24, 2.45) is 0 Å². The number of piperazine rings is 1. The third-order valence-electron chi connectivity index (χ3n) is 4.45. The van der Waals surface area contributed by atoms with Crippen LogP contribution in [0.5, 0.6) is 11.5 Å². The van der Waals surface area contributed by atoms with E-state index >= 15 is 0 Å². The van der Waals surface area contributed by atoms with E-state index < -0.39 is 0 Å². The molecule has 0 N–H and O–H groups in total. The van der Waals surface area contributed by atoms with Gasteiger partial charge in [-0.2, -0.15) is 0 Å². The van der Waals surface area contributed by atoms with E-state index in [2.05, 4.69) is 9.88 Å². The van der Waals surface area contributed by atoms with Gasteiger partial charge < -0.3 is 14.4 Å². The Morgan fingerprint density at radius 3 is 2.40 bits per heavy atom. The summed E-state index contributed by atoms with van der Waals surface area (Å²) in [6.45, 7) is 3.97. The van der Waals surface area contributed by atoms with Crippen LogP contribution in [-0.2, 0) is 6.54 Å². The van der Waals surface area contributed by atoms with Crippen LogP contribution in [0, 0.1) is 0 Å². The molecule has 2 heterocycles. The summed E-state index contributed by atoms with van der Waals surface area (Å²) in [7, 11) is 3.17. The Kier molecular flexibility index (Phi) is 5.50. The van der Waals surface area contributed by atoms with Gasteiger partial charge in [0.1, 0.15) is 11.5 Å². The quantitative estimate of drug-likeness (QED) is 0.833. The van der Waals surface area contributed by atoms with Crippen LogP contribution in [0.15, 0.2) is 42.7 Å². The summed E-state index contributed by atoms with van der Waals surface area (Å²) < 4.78 is 10.6. The zero-order chi connectivity index (χ0) is 17.6. The van der Waals surface area contributed by atoms with Crippen molar-refractivity contribution in [2.45, 2.75) is 6.54 Å². The molecular formula is C19H23N3O3. The van der Waals surface area contributed by atoms with Gasteiger partial charge in [0.25, 0.3) is 5.91 Å². The van der Waals surface area contributed by atoms with Crippen LogP contribution >= 0.6 is 0 Å². The van der Waals surface area contributed by atoms with Crippen molar-refractivity contribution < 1.29 is 14.3 Å². The molecule has 0 spiro atoms. The maximum absolute atomic E-state index is 12.9. The number of rotatable bonds is 5. The van der Waals surface area contributed by atoms with E-state index in [-0.39, 0.29) is 5.91 Å². The highest BCUT2D eigenvalue weighted by molar-refractivity contribution is 5.97. The van der Waals surface area contributed by atoms with Gasteiger partial charge in [0.2, 0.25) is 0 Å². The normalized spacial score (nSPS) is 15.0. The average Bonchev–Trinajstić information content (AvgIpc) is 2.68. The van der Waals surface area contributed by atoms with Crippen LogP contribution in [0.2, 0.25) is 0 Å². The Morgan fingerprint density at radius 2 is 1.76 bits per heavy atom. The first-order chi connectivity index (χ1) is 12.2. The van der Waals surface area contributed by atoms with Crippen LogP contribution in [-0.4, -0.2) is 61.1 Å². The maximum Gasteiger partial charge on any atom is 0.257 e. The number of pyridine rings is 1. The average molecular weight is 341 g/mol. The van der Waals surface area contributed by atoms with Gasteiger partial charge in [-0.05, 0) is 35.9 Å². The van der Waals surface area contributed by atoms with E-state index in [1.807, 2.05) is 29.4 Å². The van der Waals surface area contributed by atoms with Crippen LogP contribution in [0.4, 0.5) is 0 Å². The Balaban J connectivity index is 1.63. The predicted octanol–water partition coefficient (Wildman–Crippen LogP) is 2.06. The molecule has 132 valence electrons. The van der Waals surface area contributed by atoms with Crippen molar-refractivity contribution in [3.8, 4) is 11.5 Å². The first-order valence-electron chi connectivity index (χ1n) is 8.34. The third-order valence-corrected chi connectivity index (χ3v) is 4.45. The van der Waals surface area contributed by atoms with Crippen molar-refractivity contribution in [3.05, 3.63) is 53.9 Å². The minimum Gasteiger partial charge on any atom is -0.497 e. The van der Waals surface area contributed by atoms with Crippen molar-refractivity contribution in [2.75, 3.05) is 40.4 Å². The fourth-order valence-corrected chi connectivity index (χ4v) is 3.01. The molecule has 25 heavy (non-hydrogen) atoms. The van der Waals surface area contributed by atoms with Gasteiger partial charge in [0, 0.05) is 45.1 Å². The summed E-state index contributed by atoms with van der Waals surface area (Å²) in [6, 6.07) is 9.36. The Labute approximate surface area is 148 Å². The van der Waals surface area contributed by atoms with E-state index in [1.54, 1.807) is 32.4 Å². The van der Waals surface area contributed by atoms with Gasteiger partial charge in [-0.1, -0.05) is 0 Å². The minimum absolute atomic E-state index is 0.0145. The lowest BCUT2D eigenvalue weighted by Gasteiger charge is -2.35. The van der Waals surface area contributed by atoms with Gasteiger partial charge in [0.15, 0.2) is 0 Å². The number of aromatic nitrogens is 1. The number of amides is 1. The zero-order valence-electron chi connectivity index (χ0n) is 14.6. The lowest BCUT2D eigenvalue weighted by molar-refractivity contribution is 0.0625. The Hall–Kier alpha value is -2.60. The van der Waals surface area contributed by atoms with Gasteiger partial charge in [-0.15, -0.1) is 0 Å². The van der Waals surface area contributed by atoms with Gasteiger partial charge in [-0.25, -0.2) is 0 Å². The Morgan fingerprint density at radius 1 is 1.04 bits per heavy atom. The number of nitrogens with zero attached hydrogens (tertiary/aromatic N) is 3. The SMILES string of the molecule is COc1ccc(OC)c(C(=O)N2CCN(Cc3ccncc3)CC2)c1. The fraction of sp³-hybridized carbons (Fsp3) is 0.368. The molecule has 1 aliphatic heterocycles. The predicted molar refractivity (Wildman–Crippen MR) is 95.0 cm³/mol. The van der Waals surface area contributed by atoms with Crippen LogP contribution in [0.25, 0.3) is 0 Å². The van der Waals surface area contributed by atoms with Crippen LogP contribution in [0.3, 0.4) is 0 Å². The first kappa shape index (κ1) is 17.2. The number of hydrogen-bond donors (Lipinski definition) is 0. The van der Waals surface area contributed by atoms with Crippen molar-refractivity contribution in [3.63, 3.8) is 0 Å². The number of hydrogen-bond acceptors (Lipinski definition) is 5. The summed E-state index contributed by atoms with van der Waals surface area (Å²) in [5.41, 5.74) is 1.79. The third kappa shape index (κ3) is 4.09. The minimum atomic E-state index is -0.0145. The van der Waals surface area contributed by atoms with E-state index in [4.69, 9.17) is 9.47 Å². The molecule has 1 aromatic heterocycles. The van der Waals surface area contributed by atoms with Crippen molar-refractivity contribution in [1.29, 1.82) is 0 Å². The molecule has 0 atom stereocenters. The lowest BCUT2D eigenvalue weighted by Crippen LogP contribution is -2.48. The molecule has 1 aliphatic rings. The van der Waals surface area contributed by atoms with Crippen LogP contribution < -0.4 is 9.47 Å². The summed E-state index contributed by atoms with van der Waals surface area (Å²) in [4.78, 5) is 21.1. The number of carbonyl (C=O) groups is 1. The highest BCUT2D eigenvalue weighted by atomic mass is 16.5. The largest absolute Gasteiger partial charge is 0.497 e. The second-order valence-corrected chi connectivity index (χ2v) is 5.99. The zero-order valence-corrected chi connectivity index (χ0v) is 14.6. The topological polar surface area (TPSA) is 54.9 Å². The molecule has 6 heteroatoms. The van der Waals surface area contributed by atoms with Gasteiger partial charge in [-0.3, -0.25) is 14.7 Å². The van der Waals surface area contributed by atoms with Crippen molar-refractivity contribution >= 4 is 5.91 Å². The number of benzene rings is 1. The molecule has 1 amide bonds. The molecule has 3 rings (SSSR count). The number of ether oxygens (including phenoxy) is 2. The highest BCUT2D eigenvalue weighted by Crippen LogP contribution is 2.25. The fourth-order valence-electron chi connectivity index (χ4n) is 3.01. The van der Waals surface area contributed by atoms with Gasteiger partial charge >= 0.3 is 0 Å². The highest BCUT2D eigenvalue weighted by Gasteiger charge is 2.24. The number of carbonyl (C=O) groups excluding carboxylic acids is 1. The van der Waals surface area contributed by atoms with Crippen LogP contribution in [0.1, 0.15) is 15.9 Å². The van der Waals surface area contributed by atoms with E-state index in [9.17, 15) is 4.79 Å². The molecule has 0 bridgehead atoms. The summed E-state index contributed by atoms with van der Waals surface area (Å²) in [5.74, 6) is 1.21. The van der Waals surface area contributed by atoms with E-state index in [1.165, 1.54) is 5.56 Å².